The second kappa shape index (κ2) is 7.43. The van der Waals surface area contributed by atoms with Crippen LogP contribution in [-0.2, 0) is 9.16 Å². The molecule has 0 bridgehead atoms. The van der Waals surface area contributed by atoms with E-state index in [0.29, 0.717) is 5.04 Å². The van der Waals surface area contributed by atoms with Crippen molar-refractivity contribution in [1.29, 1.82) is 0 Å². The van der Waals surface area contributed by atoms with Crippen LogP contribution >= 0.6 is 0 Å². The smallest absolute Gasteiger partial charge is 0.216 e. The molecule has 0 amide bonds. The third kappa shape index (κ3) is 6.57. The highest BCUT2D eigenvalue weighted by molar-refractivity contribution is 6.55. The summed E-state index contributed by atoms with van der Waals surface area (Å²) >= 11 is 0. The van der Waals surface area contributed by atoms with Gasteiger partial charge in [0.1, 0.15) is 0 Å². The Morgan fingerprint density at radius 2 is 1.71 bits per heavy atom. The second-order valence-corrected chi connectivity index (χ2v) is 7.77. The zero-order chi connectivity index (χ0) is 11.0. The Bertz CT molecular complexity index is 132. The predicted molar refractivity (Wildman–Crippen MR) is 63.0 cm³/mol. The van der Waals surface area contributed by atoms with Gasteiger partial charge >= 0.3 is 0 Å². The normalized spacial score (nSPS) is 12.4. The van der Waals surface area contributed by atoms with Gasteiger partial charge in [-0.3, -0.25) is 0 Å². The van der Waals surface area contributed by atoms with Crippen LogP contribution in [0.4, 0.5) is 0 Å². The van der Waals surface area contributed by atoms with E-state index in [0.717, 1.165) is 26.2 Å². The van der Waals surface area contributed by atoms with Crippen molar-refractivity contribution in [3.05, 3.63) is 0 Å². The lowest BCUT2D eigenvalue weighted by atomic mass is 10.2. The standard InChI is InChI=1S/C11H25O2Si/c1-6-12-9-8-10-13-14(7-2)11(3,4)5/h6-10H2,1-5H3. The van der Waals surface area contributed by atoms with Crippen LogP contribution in [0.25, 0.3) is 0 Å². The minimum absolute atomic E-state index is 0.352. The predicted octanol–water partition coefficient (Wildman–Crippen LogP) is 3.24. The molecule has 0 heterocycles. The van der Waals surface area contributed by atoms with Crippen molar-refractivity contribution in [3.63, 3.8) is 0 Å². The van der Waals surface area contributed by atoms with Gasteiger partial charge in [-0.15, -0.1) is 0 Å². The van der Waals surface area contributed by atoms with Crippen molar-refractivity contribution in [2.75, 3.05) is 19.8 Å². The van der Waals surface area contributed by atoms with Crippen LogP contribution in [0.15, 0.2) is 0 Å². The Labute approximate surface area is 90.7 Å². The molecular weight excluding hydrogens is 192 g/mol. The van der Waals surface area contributed by atoms with Crippen molar-refractivity contribution in [2.24, 2.45) is 0 Å². The Morgan fingerprint density at radius 3 is 2.14 bits per heavy atom. The van der Waals surface area contributed by atoms with E-state index in [9.17, 15) is 0 Å². The lowest BCUT2D eigenvalue weighted by Gasteiger charge is -2.27. The molecule has 0 N–H and O–H groups in total. The van der Waals surface area contributed by atoms with Gasteiger partial charge in [-0.1, -0.05) is 27.7 Å². The van der Waals surface area contributed by atoms with Crippen LogP contribution in [0.1, 0.15) is 41.0 Å². The molecule has 14 heavy (non-hydrogen) atoms. The maximum absolute atomic E-state index is 5.92. The number of rotatable bonds is 7. The average molecular weight is 217 g/mol. The Kier molecular flexibility index (Phi) is 7.50. The molecule has 0 aliphatic carbocycles. The van der Waals surface area contributed by atoms with Crippen LogP contribution in [0.3, 0.4) is 0 Å². The molecule has 0 spiro atoms. The fraction of sp³-hybridized carbons (Fsp3) is 1.00. The third-order valence-corrected chi connectivity index (χ3v) is 4.94. The molecule has 2 nitrogen and oxygen atoms in total. The summed E-state index contributed by atoms with van der Waals surface area (Å²) in [5, 5.41) is 0.352. The first-order chi connectivity index (χ1) is 6.52. The van der Waals surface area contributed by atoms with Crippen molar-refractivity contribution < 1.29 is 9.16 Å². The minimum Gasteiger partial charge on any atom is -0.416 e. The Balaban J connectivity index is 3.54. The summed E-state index contributed by atoms with van der Waals surface area (Å²) in [4.78, 5) is 0. The fourth-order valence-electron chi connectivity index (χ4n) is 1.35. The lowest BCUT2D eigenvalue weighted by molar-refractivity contribution is 0.129. The molecule has 0 atom stereocenters. The molecule has 0 unspecified atom stereocenters. The van der Waals surface area contributed by atoms with E-state index in [1.165, 1.54) is 6.04 Å². The molecule has 3 heteroatoms. The van der Waals surface area contributed by atoms with Crippen LogP contribution < -0.4 is 0 Å². The molecule has 0 saturated heterocycles. The van der Waals surface area contributed by atoms with Gasteiger partial charge in [0.25, 0.3) is 0 Å². The van der Waals surface area contributed by atoms with Gasteiger partial charge < -0.3 is 9.16 Å². The summed E-state index contributed by atoms with van der Waals surface area (Å²) in [5.41, 5.74) is 0. The zero-order valence-electron chi connectivity index (χ0n) is 10.4. The van der Waals surface area contributed by atoms with E-state index >= 15 is 0 Å². The van der Waals surface area contributed by atoms with Gasteiger partial charge in [-0.05, 0) is 24.4 Å². The first kappa shape index (κ1) is 14.1. The summed E-state index contributed by atoms with van der Waals surface area (Å²) in [6.07, 6.45) is 1.03. The van der Waals surface area contributed by atoms with Crippen molar-refractivity contribution in [2.45, 2.75) is 52.1 Å². The summed E-state index contributed by atoms with van der Waals surface area (Å²) in [5.74, 6) is 0. The number of hydrogen-bond donors (Lipinski definition) is 0. The summed E-state index contributed by atoms with van der Waals surface area (Å²) in [7, 11) is -0.642. The number of ether oxygens (including phenoxy) is 1. The van der Waals surface area contributed by atoms with Crippen molar-refractivity contribution >= 4 is 9.04 Å². The number of hydrogen-bond acceptors (Lipinski definition) is 2. The van der Waals surface area contributed by atoms with Gasteiger partial charge in [-0.2, -0.15) is 0 Å². The molecule has 0 aliphatic rings. The Hall–Kier alpha value is 0.137. The summed E-state index contributed by atoms with van der Waals surface area (Å²) < 4.78 is 11.2. The topological polar surface area (TPSA) is 18.5 Å². The van der Waals surface area contributed by atoms with Gasteiger partial charge in [0.05, 0.1) is 0 Å². The van der Waals surface area contributed by atoms with Gasteiger partial charge in [0, 0.05) is 19.8 Å². The third-order valence-electron chi connectivity index (χ3n) is 2.07. The minimum atomic E-state index is -0.642. The summed E-state index contributed by atoms with van der Waals surface area (Å²) in [6, 6.07) is 1.18. The van der Waals surface area contributed by atoms with E-state index in [1.807, 2.05) is 6.92 Å². The highest BCUT2D eigenvalue weighted by atomic mass is 28.3. The molecule has 0 saturated carbocycles. The quantitative estimate of drug-likeness (QED) is 0.481. The SMILES string of the molecule is CCOCCCO[Si](CC)C(C)(C)C. The van der Waals surface area contributed by atoms with Gasteiger partial charge in [0.2, 0.25) is 9.04 Å². The molecule has 0 fully saturated rings. The molecule has 0 aromatic heterocycles. The van der Waals surface area contributed by atoms with Gasteiger partial charge in [0.15, 0.2) is 0 Å². The lowest BCUT2D eigenvalue weighted by Crippen LogP contribution is -2.29. The Morgan fingerprint density at radius 1 is 1.07 bits per heavy atom. The van der Waals surface area contributed by atoms with E-state index in [-0.39, 0.29) is 0 Å². The average Bonchev–Trinajstić information content (AvgIpc) is 2.09. The molecule has 0 aromatic rings. The van der Waals surface area contributed by atoms with Crippen LogP contribution in [0.2, 0.25) is 11.1 Å². The molecule has 0 aliphatic heterocycles. The second-order valence-electron chi connectivity index (χ2n) is 4.43. The molecule has 85 valence electrons. The maximum atomic E-state index is 5.92. The molecule has 1 radical (unpaired) electrons. The van der Waals surface area contributed by atoms with E-state index < -0.39 is 9.04 Å². The molecular formula is C11H25O2Si. The summed E-state index contributed by atoms with van der Waals surface area (Å²) in [6.45, 7) is 13.6. The highest BCUT2D eigenvalue weighted by Crippen LogP contribution is 2.29. The maximum Gasteiger partial charge on any atom is 0.216 e. The first-order valence-corrected chi connectivity index (χ1v) is 7.20. The fourth-order valence-corrected chi connectivity index (χ4v) is 3.44. The van der Waals surface area contributed by atoms with E-state index in [2.05, 4.69) is 27.7 Å². The van der Waals surface area contributed by atoms with E-state index in [1.54, 1.807) is 0 Å². The van der Waals surface area contributed by atoms with Crippen LogP contribution in [0, 0.1) is 0 Å². The van der Waals surface area contributed by atoms with Crippen molar-refractivity contribution in [1.82, 2.24) is 0 Å². The van der Waals surface area contributed by atoms with E-state index in [4.69, 9.17) is 9.16 Å². The zero-order valence-corrected chi connectivity index (χ0v) is 11.4. The van der Waals surface area contributed by atoms with Crippen LogP contribution in [0.5, 0.6) is 0 Å². The van der Waals surface area contributed by atoms with Crippen molar-refractivity contribution in [3.8, 4) is 0 Å². The monoisotopic (exact) mass is 217 g/mol. The molecule has 0 rings (SSSR count). The first-order valence-electron chi connectivity index (χ1n) is 5.59. The largest absolute Gasteiger partial charge is 0.416 e. The molecule has 0 aromatic carbocycles. The van der Waals surface area contributed by atoms with Gasteiger partial charge in [-0.25, -0.2) is 0 Å². The van der Waals surface area contributed by atoms with Crippen LogP contribution in [-0.4, -0.2) is 28.9 Å². The highest BCUT2D eigenvalue weighted by Gasteiger charge is 2.26.